The van der Waals surface area contributed by atoms with Crippen LogP contribution in [0.3, 0.4) is 0 Å². The fraction of sp³-hybridized carbons (Fsp3) is 0.368. The molecule has 0 aromatic heterocycles. The molecule has 2 aromatic rings. The molecule has 0 radical (unpaired) electrons. The van der Waals surface area contributed by atoms with Crippen molar-refractivity contribution in [1.82, 2.24) is 0 Å². The summed E-state index contributed by atoms with van der Waals surface area (Å²) >= 11 is 0. The molecule has 0 spiro atoms. The van der Waals surface area contributed by atoms with E-state index >= 15 is 0 Å². The van der Waals surface area contributed by atoms with Crippen LogP contribution in [-0.4, -0.2) is 0 Å². The van der Waals surface area contributed by atoms with Crippen molar-refractivity contribution in [3.8, 4) is 0 Å². The summed E-state index contributed by atoms with van der Waals surface area (Å²) in [6.45, 7) is 2.22. The molecule has 3 rings (SSSR count). The highest BCUT2D eigenvalue weighted by atomic mass is 14.7. The summed E-state index contributed by atoms with van der Waals surface area (Å²) in [7, 11) is 0. The van der Waals surface area contributed by atoms with E-state index < -0.39 is 0 Å². The van der Waals surface area contributed by atoms with Crippen LogP contribution >= 0.6 is 0 Å². The Morgan fingerprint density at radius 2 is 1.85 bits per heavy atom. The van der Waals surface area contributed by atoms with E-state index in [9.17, 15) is 0 Å². The third kappa shape index (κ3) is 2.51. The second kappa shape index (κ2) is 5.41. The van der Waals surface area contributed by atoms with E-state index in [-0.39, 0.29) is 5.54 Å². The second-order valence-corrected chi connectivity index (χ2v) is 6.05. The number of benzene rings is 2. The molecule has 0 saturated heterocycles. The molecule has 0 fully saturated rings. The highest BCUT2D eigenvalue weighted by Crippen LogP contribution is 2.34. The average molecular weight is 265 g/mol. The lowest BCUT2D eigenvalue weighted by atomic mass is 9.74. The van der Waals surface area contributed by atoms with Crippen LogP contribution < -0.4 is 5.73 Å². The highest BCUT2D eigenvalue weighted by molar-refractivity contribution is 5.38. The van der Waals surface area contributed by atoms with E-state index in [0.717, 1.165) is 25.7 Å². The van der Waals surface area contributed by atoms with Crippen LogP contribution in [0.25, 0.3) is 0 Å². The van der Waals surface area contributed by atoms with Gasteiger partial charge in [0.15, 0.2) is 0 Å². The number of nitrogens with two attached hydrogens (primary N) is 1. The van der Waals surface area contributed by atoms with E-state index in [1.807, 2.05) is 0 Å². The summed E-state index contributed by atoms with van der Waals surface area (Å²) in [6.07, 6.45) is 5.41. The second-order valence-electron chi connectivity index (χ2n) is 6.05. The first-order valence-corrected chi connectivity index (χ1v) is 7.66. The predicted octanol–water partition coefficient (Wildman–Crippen LogP) is 3.98. The summed E-state index contributed by atoms with van der Waals surface area (Å²) < 4.78 is 0. The fourth-order valence-corrected chi connectivity index (χ4v) is 3.33. The van der Waals surface area contributed by atoms with Gasteiger partial charge in [0.25, 0.3) is 0 Å². The topological polar surface area (TPSA) is 26.0 Å². The quantitative estimate of drug-likeness (QED) is 0.892. The van der Waals surface area contributed by atoms with E-state index in [1.165, 1.54) is 28.7 Å². The lowest BCUT2D eigenvalue weighted by molar-refractivity contribution is 0.385. The molecule has 0 saturated carbocycles. The maximum absolute atomic E-state index is 6.76. The molecule has 0 bridgehead atoms. The molecular weight excluding hydrogens is 242 g/mol. The zero-order valence-electron chi connectivity index (χ0n) is 12.2. The summed E-state index contributed by atoms with van der Waals surface area (Å²) in [6, 6.07) is 17.6. The van der Waals surface area contributed by atoms with Gasteiger partial charge in [0.2, 0.25) is 0 Å². The van der Waals surface area contributed by atoms with Crippen molar-refractivity contribution >= 4 is 0 Å². The molecule has 1 nitrogen and oxygen atoms in total. The summed E-state index contributed by atoms with van der Waals surface area (Å²) in [5.74, 6) is 0. The SMILES string of the molecule is CCCc1cccc(C2(N)CCc3ccccc3C2)c1. The Balaban J connectivity index is 1.92. The molecule has 0 amide bonds. The van der Waals surface area contributed by atoms with E-state index in [2.05, 4.69) is 55.5 Å². The normalized spacial score (nSPS) is 21.5. The molecule has 0 aliphatic heterocycles. The van der Waals surface area contributed by atoms with Crippen molar-refractivity contribution in [3.63, 3.8) is 0 Å². The van der Waals surface area contributed by atoms with Crippen molar-refractivity contribution in [2.45, 2.75) is 44.6 Å². The zero-order valence-corrected chi connectivity index (χ0v) is 12.2. The summed E-state index contributed by atoms with van der Waals surface area (Å²) in [4.78, 5) is 0. The molecule has 1 atom stereocenters. The third-order valence-corrected chi connectivity index (χ3v) is 4.51. The van der Waals surface area contributed by atoms with E-state index in [1.54, 1.807) is 0 Å². The molecule has 104 valence electrons. The minimum atomic E-state index is -0.196. The zero-order chi connectivity index (χ0) is 14.0. The molecule has 1 aliphatic rings. The summed E-state index contributed by atoms with van der Waals surface area (Å²) in [5, 5.41) is 0. The lowest BCUT2D eigenvalue weighted by Crippen LogP contribution is -2.42. The van der Waals surface area contributed by atoms with Gasteiger partial charge in [-0.25, -0.2) is 0 Å². The maximum Gasteiger partial charge on any atom is 0.0453 e. The lowest BCUT2D eigenvalue weighted by Gasteiger charge is -2.35. The molecule has 2 aromatic carbocycles. The first kappa shape index (κ1) is 13.4. The van der Waals surface area contributed by atoms with Gasteiger partial charge in [-0.15, -0.1) is 0 Å². The van der Waals surface area contributed by atoms with E-state index in [4.69, 9.17) is 5.73 Å². The van der Waals surface area contributed by atoms with Crippen molar-refractivity contribution in [2.24, 2.45) is 5.73 Å². The minimum absolute atomic E-state index is 0.196. The van der Waals surface area contributed by atoms with Crippen LogP contribution in [0.1, 0.15) is 42.0 Å². The van der Waals surface area contributed by atoms with Gasteiger partial charge in [-0.1, -0.05) is 61.9 Å². The Bertz CT molecular complexity index is 602. The Morgan fingerprint density at radius 1 is 1.05 bits per heavy atom. The fourth-order valence-electron chi connectivity index (χ4n) is 3.33. The third-order valence-electron chi connectivity index (χ3n) is 4.51. The van der Waals surface area contributed by atoms with Crippen LogP contribution in [0.4, 0.5) is 0 Å². The number of fused-ring (bicyclic) bond motifs is 1. The van der Waals surface area contributed by atoms with Gasteiger partial charge in [0.05, 0.1) is 0 Å². The standard InChI is InChI=1S/C19H23N/c1-2-6-15-7-5-10-18(13-15)19(20)12-11-16-8-3-4-9-17(16)14-19/h3-5,7-10,13H,2,6,11-12,14,20H2,1H3. The van der Waals surface area contributed by atoms with Gasteiger partial charge in [-0.2, -0.15) is 0 Å². The van der Waals surface area contributed by atoms with Gasteiger partial charge in [0, 0.05) is 5.54 Å². The first-order valence-electron chi connectivity index (χ1n) is 7.66. The van der Waals surface area contributed by atoms with Crippen LogP contribution in [0.15, 0.2) is 48.5 Å². The molecule has 20 heavy (non-hydrogen) atoms. The number of hydrogen-bond donors (Lipinski definition) is 1. The Hall–Kier alpha value is -1.60. The van der Waals surface area contributed by atoms with Crippen molar-refractivity contribution < 1.29 is 0 Å². The van der Waals surface area contributed by atoms with Gasteiger partial charge >= 0.3 is 0 Å². The number of rotatable bonds is 3. The predicted molar refractivity (Wildman–Crippen MR) is 84.8 cm³/mol. The molecular formula is C19H23N. The smallest absolute Gasteiger partial charge is 0.0453 e. The molecule has 2 N–H and O–H groups in total. The average Bonchev–Trinajstić information content (AvgIpc) is 2.48. The van der Waals surface area contributed by atoms with Crippen LogP contribution in [-0.2, 0) is 24.8 Å². The summed E-state index contributed by atoms with van der Waals surface area (Å²) in [5.41, 5.74) is 12.2. The molecule has 1 unspecified atom stereocenters. The van der Waals surface area contributed by atoms with Crippen molar-refractivity contribution in [1.29, 1.82) is 0 Å². The largest absolute Gasteiger partial charge is 0.321 e. The van der Waals surface area contributed by atoms with Crippen molar-refractivity contribution in [2.75, 3.05) is 0 Å². The number of hydrogen-bond acceptors (Lipinski definition) is 1. The van der Waals surface area contributed by atoms with Gasteiger partial charge in [0.1, 0.15) is 0 Å². The minimum Gasteiger partial charge on any atom is -0.321 e. The van der Waals surface area contributed by atoms with Crippen LogP contribution in [0, 0.1) is 0 Å². The van der Waals surface area contributed by atoms with Crippen LogP contribution in [0.2, 0.25) is 0 Å². The number of aryl methyl sites for hydroxylation is 2. The Morgan fingerprint density at radius 3 is 2.65 bits per heavy atom. The Labute approximate surface area is 121 Å². The maximum atomic E-state index is 6.76. The van der Waals surface area contributed by atoms with Gasteiger partial charge < -0.3 is 5.73 Å². The molecule has 1 aliphatic carbocycles. The van der Waals surface area contributed by atoms with Crippen LogP contribution in [0.5, 0.6) is 0 Å². The highest BCUT2D eigenvalue weighted by Gasteiger charge is 2.31. The first-order chi connectivity index (χ1) is 9.71. The van der Waals surface area contributed by atoms with Gasteiger partial charge in [-0.3, -0.25) is 0 Å². The van der Waals surface area contributed by atoms with Crippen molar-refractivity contribution in [3.05, 3.63) is 70.8 Å². The molecule has 1 heteroatoms. The van der Waals surface area contributed by atoms with Gasteiger partial charge in [-0.05, 0) is 47.9 Å². The Kier molecular flexibility index (Phi) is 3.62. The molecule has 0 heterocycles. The van der Waals surface area contributed by atoms with E-state index in [0.29, 0.717) is 0 Å². The monoisotopic (exact) mass is 265 g/mol.